The lowest BCUT2D eigenvalue weighted by Gasteiger charge is -2.28. The molecule has 1 aliphatic rings. The molecule has 1 saturated heterocycles. The fraction of sp³-hybridized carbons (Fsp3) is 0.375. The Labute approximate surface area is 128 Å². The molecule has 6 heteroatoms. The van der Waals surface area contributed by atoms with Crippen LogP contribution in [0.2, 0.25) is 0 Å². The SMILES string of the molecule is Fc1ccc(Cc2nccnc2NC2CCNCC2F)cc1. The van der Waals surface area contributed by atoms with Gasteiger partial charge in [-0.05, 0) is 30.7 Å². The number of alkyl halides is 1. The van der Waals surface area contributed by atoms with Gasteiger partial charge in [0.15, 0.2) is 0 Å². The molecule has 1 aromatic heterocycles. The number of nitrogens with one attached hydrogen (secondary N) is 2. The Bertz CT molecular complexity index is 618. The van der Waals surface area contributed by atoms with Gasteiger partial charge in [0.1, 0.15) is 17.8 Å². The Morgan fingerprint density at radius 1 is 1.18 bits per heavy atom. The summed E-state index contributed by atoms with van der Waals surface area (Å²) in [6.45, 7) is 1.14. The first-order chi connectivity index (χ1) is 10.7. The van der Waals surface area contributed by atoms with Crippen molar-refractivity contribution < 1.29 is 8.78 Å². The molecule has 2 N–H and O–H groups in total. The normalized spacial score (nSPS) is 21.5. The molecule has 0 saturated carbocycles. The molecule has 0 radical (unpaired) electrons. The molecular weight excluding hydrogens is 286 g/mol. The van der Waals surface area contributed by atoms with Gasteiger partial charge in [-0.3, -0.25) is 4.98 Å². The highest BCUT2D eigenvalue weighted by molar-refractivity contribution is 5.43. The van der Waals surface area contributed by atoms with Crippen molar-refractivity contribution in [1.29, 1.82) is 0 Å². The number of halogens is 2. The van der Waals surface area contributed by atoms with Gasteiger partial charge in [0.05, 0.1) is 11.7 Å². The van der Waals surface area contributed by atoms with Crippen molar-refractivity contribution in [1.82, 2.24) is 15.3 Å². The van der Waals surface area contributed by atoms with Crippen LogP contribution >= 0.6 is 0 Å². The Balaban J connectivity index is 1.76. The molecule has 2 aromatic rings. The topological polar surface area (TPSA) is 49.8 Å². The Kier molecular flexibility index (Phi) is 4.58. The summed E-state index contributed by atoms with van der Waals surface area (Å²) in [4.78, 5) is 8.62. The zero-order chi connectivity index (χ0) is 15.4. The van der Waals surface area contributed by atoms with Crippen molar-refractivity contribution in [2.24, 2.45) is 0 Å². The third-order valence-electron chi connectivity index (χ3n) is 3.79. The van der Waals surface area contributed by atoms with Crippen molar-refractivity contribution in [3.63, 3.8) is 0 Å². The third-order valence-corrected chi connectivity index (χ3v) is 3.79. The van der Waals surface area contributed by atoms with Crippen molar-refractivity contribution in [3.8, 4) is 0 Å². The molecule has 116 valence electrons. The minimum atomic E-state index is -0.950. The minimum absolute atomic E-state index is 0.259. The molecule has 1 aromatic carbocycles. The van der Waals surface area contributed by atoms with Crippen LogP contribution in [0.3, 0.4) is 0 Å². The van der Waals surface area contributed by atoms with Crippen molar-refractivity contribution in [3.05, 3.63) is 53.7 Å². The summed E-state index contributed by atoms with van der Waals surface area (Å²) in [6, 6.07) is 6.02. The van der Waals surface area contributed by atoms with Gasteiger partial charge in [-0.1, -0.05) is 12.1 Å². The summed E-state index contributed by atoms with van der Waals surface area (Å²) in [5, 5.41) is 6.19. The number of aromatic nitrogens is 2. The first kappa shape index (κ1) is 14.8. The number of piperidine rings is 1. The van der Waals surface area contributed by atoms with Crippen LogP contribution in [0.4, 0.5) is 14.6 Å². The van der Waals surface area contributed by atoms with Crippen LogP contribution in [0, 0.1) is 5.82 Å². The van der Waals surface area contributed by atoms with E-state index in [0.717, 1.165) is 17.8 Å². The first-order valence-electron chi connectivity index (χ1n) is 7.38. The molecular formula is C16H18F2N4. The van der Waals surface area contributed by atoms with Gasteiger partial charge in [0.2, 0.25) is 0 Å². The van der Waals surface area contributed by atoms with Crippen LogP contribution < -0.4 is 10.6 Å². The Morgan fingerprint density at radius 2 is 1.95 bits per heavy atom. The van der Waals surface area contributed by atoms with Crippen LogP contribution in [0.25, 0.3) is 0 Å². The number of hydrogen-bond donors (Lipinski definition) is 2. The largest absolute Gasteiger partial charge is 0.363 e. The van der Waals surface area contributed by atoms with Gasteiger partial charge in [-0.25, -0.2) is 13.8 Å². The van der Waals surface area contributed by atoms with Gasteiger partial charge >= 0.3 is 0 Å². The van der Waals surface area contributed by atoms with E-state index in [1.807, 2.05) is 0 Å². The van der Waals surface area contributed by atoms with Crippen molar-refractivity contribution in [2.45, 2.75) is 25.1 Å². The summed E-state index contributed by atoms with van der Waals surface area (Å²) in [6.07, 6.45) is 3.48. The first-order valence-corrected chi connectivity index (χ1v) is 7.38. The fourth-order valence-electron chi connectivity index (χ4n) is 2.57. The molecule has 0 bridgehead atoms. The highest BCUT2D eigenvalue weighted by Crippen LogP contribution is 2.19. The molecule has 2 unspecified atom stereocenters. The lowest BCUT2D eigenvalue weighted by Crippen LogP contribution is -2.45. The summed E-state index contributed by atoms with van der Waals surface area (Å²) in [7, 11) is 0. The predicted octanol–water partition coefficient (Wildman–Crippen LogP) is 2.32. The van der Waals surface area contributed by atoms with E-state index in [1.165, 1.54) is 12.1 Å². The van der Waals surface area contributed by atoms with Gasteiger partial charge in [-0.15, -0.1) is 0 Å². The van der Waals surface area contributed by atoms with E-state index < -0.39 is 6.17 Å². The van der Waals surface area contributed by atoms with E-state index >= 15 is 0 Å². The van der Waals surface area contributed by atoms with Crippen LogP contribution in [0.15, 0.2) is 36.7 Å². The van der Waals surface area contributed by atoms with Crippen LogP contribution in [0.5, 0.6) is 0 Å². The number of rotatable bonds is 4. The van der Waals surface area contributed by atoms with Gasteiger partial charge in [0.25, 0.3) is 0 Å². The molecule has 4 nitrogen and oxygen atoms in total. The van der Waals surface area contributed by atoms with Crippen LogP contribution in [0.1, 0.15) is 17.7 Å². The van der Waals surface area contributed by atoms with Crippen molar-refractivity contribution >= 4 is 5.82 Å². The summed E-state index contributed by atoms with van der Waals surface area (Å²) < 4.78 is 26.9. The summed E-state index contributed by atoms with van der Waals surface area (Å²) in [5.41, 5.74) is 1.67. The van der Waals surface area contributed by atoms with E-state index in [0.29, 0.717) is 25.2 Å². The number of hydrogen-bond acceptors (Lipinski definition) is 4. The van der Waals surface area contributed by atoms with Crippen LogP contribution in [-0.4, -0.2) is 35.3 Å². The average molecular weight is 304 g/mol. The lowest BCUT2D eigenvalue weighted by atomic mass is 10.0. The second-order valence-electron chi connectivity index (χ2n) is 5.41. The summed E-state index contributed by atoms with van der Waals surface area (Å²) >= 11 is 0. The van der Waals surface area contributed by atoms with Gasteiger partial charge in [0, 0.05) is 25.4 Å². The maximum Gasteiger partial charge on any atom is 0.148 e. The minimum Gasteiger partial charge on any atom is -0.363 e. The van der Waals surface area contributed by atoms with E-state index in [9.17, 15) is 8.78 Å². The molecule has 2 atom stereocenters. The molecule has 0 aliphatic carbocycles. The predicted molar refractivity (Wildman–Crippen MR) is 81.0 cm³/mol. The second kappa shape index (κ2) is 6.79. The van der Waals surface area contributed by atoms with E-state index in [-0.39, 0.29) is 11.9 Å². The molecule has 0 spiro atoms. The monoisotopic (exact) mass is 304 g/mol. The highest BCUT2D eigenvalue weighted by Gasteiger charge is 2.25. The number of anilines is 1. The van der Waals surface area contributed by atoms with E-state index in [2.05, 4.69) is 20.6 Å². The van der Waals surface area contributed by atoms with Gasteiger partial charge in [-0.2, -0.15) is 0 Å². The molecule has 1 aliphatic heterocycles. The van der Waals surface area contributed by atoms with Crippen LogP contribution in [-0.2, 0) is 6.42 Å². The lowest BCUT2D eigenvalue weighted by molar-refractivity contribution is 0.244. The molecule has 1 fully saturated rings. The molecule has 0 amide bonds. The maximum absolute atomic E-state index is 13.9. The summed E-state index contributed by atoms with van der Waals surface area (Å²) in [5.74, 6) is 0.331. The maximum atomic E-state index is 13.9. The molecule has 2 heterocycles. The Hall–Kier alpha value is -2.08. The fourth-order valence-corrected chi connectivity index (χ4v) is 2.57. The van der Waals surface area contributed by atoms with E-state index in [1.54, 1.807) is 24.5 Å². The second-order valence-corrected chi connectivity index (χ2v) is 5.41. The van der Waals surface area contributed by atoms with Crippen molar-refractivity contribution in [2.75, 3.05) is 18.4 Å². The van der Waals surface area contributed by atoms with E-state index in [4.69, 9.17) is 0 Å². The molecule has 22 heavy (non-hydrogen) atoms. The number of nitrogens with zero attached hydrogens (tertiary/aromatic N) is 2. The highest BCUT2D eigenvalue weighted by atomic mass is 19.1. The average Bonchev–Trinajstić information content (AvgIpc) is 2.53. The third kappa shape index (κ3) is 3.57. The quantitative estimate of drug-likeness (QED) is 0.910. The zero-order valence-electron chi connectivity index (χ0n) is 12.1. The number of benzene rings is 1. The standard InChI is InChI=1S/C16H18F2N4/c17-12-3-1-11(2-4-12)9-15-16(21-8-7-20-15)22-14-5-6-19-10-13(14)18/h1-4,7-8,13-14,19H,5-6,9-10H2,(H,21,22). The van der Waals surface area contributed by atoms with Gasteiger partial charge < -0.3 is 10.6 Å². The molecule has 3 rings (SSSR count). The Morgan fingerprint density at radius 3 is 2.73 bits per heavy atom. The smallest absolute Gasteiger partial charge is 0.148 e. The zero-order valence-corrected chi connectivity index (χ0v) is 12.1.